The fourth-order valence-corrected chi connectivity index (χ4v) is 4.46. The molecular formula is C14H18BrNOS. The molecule has 1 aromatic heterocycles. The summed E-state index contributed by atoms with van der Waals surface area (Å²) in [6, 6.07) is 6.29. The van der Waals surface area contributed by atoms with Gasteiger partial charge in [0, 0.05) is 4.88 Å². The fourth-order valence-electron chi connectivity index (χ4n) is 2.93. The lowest BCUT2D eigenvalue weighted by atomic mass is 9.66. The van der Waals surface area contributed by atoms with Crippen LogP contribution in [0.5, 0.6) is 0 Å². The average Bonchev–Trinajstić information content (AvgIpc) is 2.84. The Morgan fingerprint density at radius 1 is 1.67 bits per heavy atom. The van der Waals surface area contributed by atoms with Gasteiger partial charge in [0.2, 0.25) is 0 Å². The van der Waals surface area contributed by atoms with Crippen LogP contribution in [0.1, 0.15) is 50.0 Å². The highest BCUT2D eigenvalue weighted by molar-refractivity contribution is 9.11. The van der Waals surface area contributed by atoms with Gasteiger partial charge in [-0.3, -0.25) is 0 Å². The third-order valence-electron chi connectivity index (χ3n) is 4.08. The van der Waals surface area contributed by atoms with Crippen molar-refractivity contribution in [2.45, 2.75) is 45.1 Å². The Kier molecular flexibility index (Phi) is 4.47. The van der Waals surface area contributed by atoms with Gasteiger partial charge in [0.05, 0.1) is 15.3 Å². The molecule has 2 nitrogen and oxygen atoms in total. The molecule has 1 saturated carbocycles. The summed E-state index contributed by atoms with van der Waals surface area (Å²) < 4.78 is 1.01. The van der Waals surface area contributed by atoms with E-state index in [1.54, 1.807) is 0 Å². The number of nitriles is 1. The summed E-state index contributed by atoms with van der Waals surface area (Å²) in [6.07, 6.45) is 4.35. The van der Waals surface area contributed by atoms with E-state index in [9.17, 15) is 10.4 Å². The van der Waals surface area contributed by atoms with Gasteiger partial charge in [-0.1, -0.05) is 26.2 Å². The van der Waals surface area contributed by atoms with E-state index in [1.165, 1.54) is 17.8 Å². The lowest BCUT2D eigenvalue weighted by Crippen LogP contribution is -2.33. The largest absolute Gasteiger partial charge is 0.386 e. The standard InChI is InChI=1S/C14H18BrNOS/c1-2-10-4-3-7-14(8-10,9-16)13(17)11-5-6-12(15)18-11/h5-6,10,13,17H,2-4,7-8H2,1H3. The zero-order valence-corrected chi connectivity index (χ0v) is 12.9. The molecule has 0 aliphatic heterocycles. The van der Waals surface area contributed by atoms with Crippen molar-refractivity contribution in [1.82, 2.24) is 0 Å². The number of rotatable bonds is 3. The Morgan fingerprint density at radius 2 is 2.44 bits per heavy atom. The van der Waals surface area contributed by atoms with Gasteiger partial charge in [-0.15, -0.1) is 11.3 Å². The van der Waals surface area contributed by atoms with Crippen LogP contribution in [0, 0.1) is 22.7 Å². The molecule has 4 heteroatoms. The van der Waals surface area contributed by atoms with E-state index in [2.05, 4.69) is 28.9 Å². The van der Waals surface area contributed by atoms with Gasteiger partial charge in [-0.05, 0) is 46.8 Å². The maximum atomic E-state index is 10.6. The number of nitrogens with zero attached hydrogens (tertiary/aromatic N) is 1. The molecule has 3 unspecified atom stereocenters. The number of aliphatic hydroxyl groups is 1. The third kappa shape index (κ3) is 2.64. The number of hydrogen-bond donors (Lipinski definition) is 1. The highest BCUT2D eigenvalue weighted by atomic mass is 79.9. The Labute approximate surface area is 121 Å². The van der Waals surface area contributed by atoms with Crippen molar-refractivity contribution >= 4 is 27.3 Å². The average molecular weight is 328 g/mol. The molecule has 1 N–H and O–H groups in total. The minimum atomic E-state index is -0.645. The van der Waals surface area contributed by atoms with E-state index < -0.39 is 11.5 Å². The molecule has 0 amide bonds. The second-order valence-corrected chi connectivity index (χ2v) is 7.68. The predicted octanol–water partition coefficient (Wildman–Crippen LogP) is 4.65. The van der Waals surface area contributed by atoms with Crippen LogP contribution < -0.4 is 0 Å². The second kappa shape index (κ2) is 5.73. The zero-order chi connectivity index (χ0) is 13.2. The second-order valence-electron chi connectivity index (χ2n) is 5.18. The number of halogens is 1. The van der Waals surface area contributed by atoms with Crippen molar-refractivity contribution in [2.75, 3.05) is 0 Å². The molecule has 0 saturated heterocycles. The summed E-state index contributed by atoms with van der Waals surface area (Å²) in [6.45, 7) is 2.17. The van der Waals surface area contributed by atoms with Crippen LogP contribution >= 0.6 is 27.3 Å². The van der Waals surface area contributed by atoms with Crippen molar-refractivity contribution < 1.29 is 5.11 Å². The van der Waals surface area contributed by atoms with E-state index in [-0.39, 0.29) is 0 Å². The highest BCUT2D eigenvalue weighted by Crippen LogP contribution is 2.49. The van der Waals surface area contributed by atoms with Crippen molar-refractivity contribution in [3.05, 3.63) is 20.8 Å². The van der Waals surface area contributed by atoms with Gasteiger partial charge >= 0.3 is 0 Å². The van der Waals surface area contributed by atoms with Gasteiger partial charge in [-0.25, -0.2) is 0 Å². The Bertz CT molecular complexity index is 453. The molecule has 18 heavy (non-hydrogen) atoms. The third-order valence-corrected chi connectivity index (χ3v) is 5.75. The molecule has 98 valence electrons. The van der Waals surface area contributed by atoms with Crippen LogP contribution in [0.15, 0.2) is 15.9 Å². The summed E-state index contributed by atoms with van der Waals surface area (Å²) in [5.74, 6) is 0.580. The van der Waals surface area contributed by atoms with E-state index >= 15 is 0 Å². The van der Waals surface area contributed by atoms with E-state index in [1.807, 2.05) is 12.1 Å². The SMILES string of the molecule is CCC1CCCC(C#N)(C(O)c2ccc(Br)s2)C1. The molecule has 0 bridgehead atoms. The maximum Gasteiger partial charge on any atom is 0.107 e. The number of thiophene rings is 1. The minimum Gasteiger partial charge on any atom is -0.386 e. The summed E-state index contributed by atoms with van der Waals surface area (Å²) in [5, 5.41) is 20.2. The summed E-state index contributed by atoms with van der Waals surface area (Å²) in [4.78, 5) is 0.903. The first-order chi connectivity index (χ1) is 8.61. The van der Waals surface area contributed by atoms with Crippen molar-refractivity contribution in [3.63, 3.8) is 0 Å². The molecule has 0 spiro atoms. The summed E-state index contributed by atoms with van der Waals surface area (Å²) in [5.41, 5.74) is -0.580. The van der Waals surface area contributed by atoms with Gasteiger partial charge < -0.3 is 5.11 Å². The van der Waals surface area contributed by atoms with Gasteiger partial charge in [0.25, 0.3) is 0 Å². The van der Waals surface area contributed by atoms with E-state index in [4.69, 9.17) is 0 Å². The predicted molar refractivity (Wildman–Crippen MR) is 77.3 cm³/mol. The lowest BCUT2D eigenvalue weighted by molar-refractivity contribution is 0.0209. The quantitative estimate of drug-likeness (QED) is 0.877. The Morgan fingerprint density at radius 3 is 3.00 bits per heavy atom. The number of hydrogen-bond acceptors (Lipinski definition) is 3. The molecular weight excluding hydrogens is 310 g/mol. The molecule has 3 atom stereocenters. The van der Waals surface area contributed by atoms with Gasteiger partial charge in [0.1, 0.15) is 6.10 Å². The first-order valence-corrected chi connectivity index (χ1v) is 8.07. The molecule has 2 rings (SSSR count). The van der Waals surface area contributed by atoms with Crippen molar-refractivity contribution in [3.8, 4) is 6.07 Å². The monoisotopic (exact) mass is 327 g/mol. The Balaban J connectivity index is 2.24. The fraction of sp³-hybridized carbons (Fsp3) is 0.643. The van der Waals surface area contributed by atoms with Gasteiger partial charge in [-0.2, -0.15) is 5.26 Å². The van der Waals surface area contributed by atoms with E-state index in [0.29, 0.717) is 5.92 Å². The van der Waals surface area contributed by atoms with Gasteiger partial charge in [0.15, 0.2) is 0 Å². The normalized spacial score (nSPS) is 29.8. The van der Waals surface area contributed by atoms with Crippen LogP contribution in [0.25, 0.3) is 0 Å². The van der Waals surface area contributed by atoms with Crippen LogP contribution in [0.3, 0.4) is 0 Å². The summed E-state index contributed by atoms with van der Waals surface area (Å²) >= 11 is 4.94. The molecule has 1 aromatic rings. The van der Waals surface area contributed by atoms with Crippen LogP contribution in [-0.2, 0) is 0 Å². The van der Waals surface area contributed by atoms with Crippen molar-refractivity contribution in [2.24, 2.45) is 11.3 Å². The first kappa shape index (κ1) is 14.0. The lowest BCUT2D eigenvalue weighted by Gasteiger charge is -2.38. The molecule has 1 aliphatic rings. The molecule has 0 radical (unpaired) electrons. The van der Waals surface area contributed by atoms with Crippen LogP contribution in [0.2, 0.25) is 0 Å². The molecule has 1 heterocycles. The zero-order valence-electron chi connectivity index (χ0n) is 10.5. The van der Waals surface area contributed by atoms with Crippen LogP contribution in [0.4, 0.5) is 0 Å². The van der Waals surface area contributed by atoms with E-state index in [0.717, 1.165) is 34.3 Å². The summed E-state index contributed by atoms with van der Waals surface area (Å²) in [7, 11) is 0. The van der Waals surface area contributed by atoms with Crippen molar-refractivity contribution in [1.29, 1.82) is 5.26 Å². The molecule has 0 aromatic carbocycles. The minimum absolute atomic E-state index is 0.580. The molecule has 1 aliphatic carbocycles. The maximum absolute atomic E-state index is 10.6. The number of aliphatic hydroxyl groups excluding tert-OH is 1. The molecule has 1 fully saturated rings. The Hall–Kier alpha value is -0.370. The smallest absolute Gasteiger partial charge is 0.107 e. The topological polar surface area (TPSA) is 44.0 Å². The van der Waals surface area contributed by atoms with Crippen LogP contribution in [-0.4, -0.2) is 5.11 Å². The highest BCUT2D eigenvalue weighted by Gasteiger charge is 2.43. The first-order valence-electron chi connectivity index (χ1n) is 6.46.